The molecule has 0 aromatic heterocycles. The summed E-state index contributed by atoms with van der Waals surface area (Å²) in [6.07, 6.45) is 2.99. The molecule has 1 fully saturated rings. The van der Waals surface area contributed by atoms with Gasteiger partial charge in [-0.25, -0.2) is 0 Å². The summed E-state index contributed by atoms with van der Waals surface area (Å²) in [7, 11) is 0. The molecule has 18 heavy (non-hydrogen) atoms. The second-order valence-corrected chi connectivity index (χ2v) is 5.06. The van der Waals surface area contributed by atoms with Crippen molar-refractivity contribution >= 4 is 29.1 Å². The van der Waals surface area contributed by atoms with E-state index in [2.05, 4.69) is 11.9 Å². The van der Waals surface area contributed by atoms with Gasteiger partial charge in [-0.1, -0.05) is 26.0 Å². The summed E-state index contributed by atoms with van der Waals surface area (Å²) in [4.78, 5) is 25.1. The van der Waals surface area contributed by atoms with Gasteiger partial charge in [0.05, 0.1) is 6.61 Å². The Kier molecular flexibility index (Phi) is 4.37. The number of aliphatic hydroxyl groups excluding tert-OH is 1. The number of nitrogens with one attached hydrogen (secondary N) is 1. The van der Waals surface area contributed by atoms with Gasteiger partial charge in [0, 0.05) is 12.0 Å². The zero-order valence-corrected chi connectivity index (χ0v) is 11.2. The van der Waals surface area contributed by atoms with Gasteiger partial charge >= 0.3 is 0 Å². The molecule has 98 valence electrons. The molecule has 1 aliphatic heterocycles. The Labute approximate surface area is 111 Å². The Bertz CT molecular complexity index is 441. The molecule has 1 saturated heterocycles. The minimum absolute atomic E-state index is 0.00972. The van der Waals surface area contributed by atoms with Gasteiger partial charge in [-0.2, -0.15) is 0 Å². The lowest BCUT2D eigenvalue weighted by Crippen LogP contribution is -2.54. The average molecular weight is 268 g/mol. The van der Waals surface area contributed by atoms with E-state index in [9.17, 15) is 14.7 Å². The molecule has 6 heteroatoms. The number of aliphatic hydroxyl groups is 1. The Morgan fingerprint density at radius 1 is 1.50 bits per heavy atom. The summed E-state index contributed by atoms with van der Waals surface area (Å²) in [5.74, 6) is -1.00. The van der Waals surface area contributed by atoms with Gasteiger partial charge in [-0.05, 0) is 12.2 Å². The number of hydrogen-bond donors (Lipinski definition) is 2. The molecular weight excluding hydrogens is 252 g/mol. The molecule has 1 rings (SSSR count). The van der Waals surface area contributed by atoms with Crippen LogP contribution in [0.4, 0.5) is 0 Å². The molecule has 2 N–H and O–H groups in total. The molecule has 0 aliphatic carbocycles. The highest BCUT2D eigenvalue weighted by Gasteiger charge is 2.34. The molecule has 1 heterocycles. The molecule has 0 saturated carbocycles. The van der Waals surface area contributed by atoms with Crippen LogP contribution in [-0.2, 0) is 9.59 Å². The highest BCUT2D eigenvalue weighted by molar-refractivity contribution is 7.80. The van der Waals surface area contributed by atoms with E-state index in [0.29, 0.717) is 0 Å². The average Bonchev–Trinajstić information content (AvgIpc) is 2.30. The van der Waals surface area contributed by atoms with Crippen LogP contribution >= 0.6 is 12.2 Å². The smallest absolute Gasteiger partial charge is 0.265 e. The lowest BCUT2D eigenvalue weighted by atomic mass is 9.91. The SMILES string of the molecule is C=CCN1C(=O)C(=CC(C)(C)CO)C(=O)NC1=S. The molecular formula is C12H16N2O3S. The minimum Gasteiger partial charge on any atom is -0.395 e. The first-order valence-electron chi connectivity index (χ1n) is 5.44. The van der Waals surface area contributed by atoms with Crippen LogP contribution < -0.4 is 5.32 Å². The van der Waals surface area contributed by atoms with Crippen molar-refractivity contribution in [3.8, 4) is 0 Å². The topological polar surface area (TPSA) is 69.6 Å². The van der Waals surface area contributed by atoms with E-state index < -0.39 is 17.2 Å². The largest absolute Gasteiger partial charge is 0.395 e. The van der Waals surface area contributed by atoms with Crippen LogP contribution in [0.3, 0.4) is 0 Å². The van der Waals surface area contributed by atoms with Gasteiger partial charge in [0.2, 0.25) is 0 Å². The van der Waals surface area contributed by atoms with Crippen molar-refractivity contribution in [3.05, 3.63) is 24.3 Å². The van der Waals surface area contributed by atoms with Crippen molar-refractivity contribution in [2.75, 3.05) is 13.2 Å². The lowest BCUT2D eigenvalue weighted by molar-refractivity contribution is -0.128. The quantitative estimate of drug-likeness (QED) is 0.334. The lowest BCUT2D eigenvalue weighted by Gasteiger charge is -2.29. The maximum atomic E-state index is 12.1. The molecule has 0 atom stereocenters. The van der Waals surface area contributed by atoms with Crippen LogP contribution in [0.5, 0.6) is 0 Å². The van der Waals surface area contributed by atoms with E-state index in [1.807, 2.05) is 0 Å². The van der Waals surface area contributed by atoms with Crippen LogP contribution in [0.1, 0.15) is 13.8 Å². The molecule has 1 aliphatic rings. The molecule has 0 bridgehead atoms. The molecule has 0 radical (unpaired) electrons. The zero-order chi connectivity index (χ0) is 13.9. The first-order valence-corrected chi connectivity index (χ1v) is 5.85. The van der Waals surface area contributed by atoms with Crippen molar-refractivity contribution in [2.24, 2.45) is 5.41 Å². The van der Waals surface area contributed by atoms with E-state index in [-0.39, 0.29) is 23.8 Å². The van der Waals surface area contributed by atoms with Gasteiger partial charge in [-0.15, -0.1) is 6.58 Å². The zero-order valence-electron chi connectivity index (χ0n) is 10.4. The first kappa shape index (κ1) is 14.5. The number of amides is 2. The standard InChI is InChI=1S/C12H16N2O3S/c1-4-5-14-10(17)8(6-12(2,3)7-15)9(16)13-11(14)18/h4,6,15H,1,5,7H2,2-3H3,(H,13,16,18). The maximum Gasteiger partial charge on any atom is 0.265 e. The van der Waals surface area contributed by atoms with Crippen molar-refractivity contribution in [3.63, 3.8) is 0 Å². The molecule has 0 spiro atoms. The predicted octanol–water partition coefficient (Wildman–Crippen LogP) is 0.361. The Balaban J connectivity index is 3.12. The van der Waals surface area contributed by atoms with Gasteiger partial charge in [0.1, 0.15) is 5.57 Å². The van der Waals surface area contributed by atoms with Crippen LogP contribution in [0.15, 0.2) is 24.3 Å². The summed E-state index contributed by atoms with van der Waals surface area (Å²) in [6.45, 7) is 7.06. The second-order valence-electron chi connectivity index (χ2n) is 4.67. The third-order valence-corrected chi connectivity index (χ3v) is 2.76. The van der Waals surface area contributed by atoms with E-state index in [0.717, 1.165) is 0 Å². The van der Waals surface area contributed by atoms with Crippen molar-refractivity contribution < 1.29 is 14.7 Å². The highest BCUT2D eigenvalue weighted by atomic mass is 32.1. The van der Waals surface area contributed by atoms with E-state index in [1.165, 1.54) is 17.1 Å². The fourth-order valence-electron chi connectivity index (χ4n) is 1.43. The van der Waals surface area contributed by atoms with Gasteiger partial charge in [0.15, 0.2) is 5.11 Å². The number of hydrogen-bond acceptors (Lipinski definition) is 4. The number of carbonyl (C=O) groups is 2. The van der Waals surface area contributed by atoms with Crippen LogP contribution in [-0.4, -0.2) is 40.1 Å². The number of rotatable bonds is 4. The third-order valence-electron chi connectivity index (χ3n) is 2.44. The maximum absolute atomic E-state index is 12.1. The number of carbonyl (C=O) groups excluding carboxylic acids is 2. The first-order chi connectivity index (χ1) is 8.32. The number of nitrogens with zero attached hydrogens (tertiary/aromatic N) is 1. The predicted molar refractivity (Wildman–Crippen MR) is 71.6 cm³/mol. The monoisotopic (exact) mass is 268 g/mol. The normalized spacial score (nSPS) is 19.2. The summed E-state index contributed by atoms with van der Waals surface area (Å²) in [5.41, 5.74) is -0.661. The van der Waals surface area contributed by atoms with E-state index in [4.69, 9.17) is 12.2 Å². The highest BCUT2D eigenvalue weighted by Crippen LogP contribution is 2.21. The molecule has 0 unspecified atom stereocenters. The fourth-order valence-corrected chi connectivity index (χ4v) is 1.68. The number of thiocarbonyl (C=S) groups is 1. The van der Waals surface area contributed by atoms with Gasteiger partial charge in [0.25, 0.3) is 11.8 Å². The summed E-state index contributed by atoms with van der Waals surface area (Å²) in [6, 6.07) is 0. The van der Waals surface area contributed by atoms with Gasteiger partial charge < -0.3 is 5.11 Å². The Morgan fingerprint density at radius 2 is 2.11 bits per heavy atom. The van der Waals surface area contributed by atoms with E-state index in [1.54, 1.807) is 13.8 Å². The van der Waals surface area contributed by atoms with Crippen molar-refractivity contribution in [1.82, 2.24) is 10.2 Å². The van der Waals surface area contributed by atoms with Crippen LogP contribution in [0, 0.1) is 5.41 Å². The summed E-state index contributed by atoms with van der Waals surface area (Å²) in [5, 5.41) is 11.7. The Morgan fingerprint density at radius 3 is 2.61 bits per heavy atom. The van der Waals surface area contributed by atoms with Crippen LogP contribution in [0.2, 0.25) is 0 Å². The summed E-state index contributed by atoms with van der Waals surface area (Å²) >= 11 is 4.92. The van der Waals surface area contributed by atoms with Crippen LogP contribution in [0.25, 0.3) is 0 Å². The molecule has 0 aromatic rings. The Hall–Kier alpha value is -1.53. The third kappa shape index (κ3) is 3.02. The minimum atomic E-state index is -0.652. The van der Waals surface area contributed by atoms with Crippen molar-refractivity contribution in [2.45, 2.75) is 13.8 Å². The molecule has 0 aromatic carbocycles. The fraction of sp³-hybridized carbons (Fsp3) is 0.417. The van der Waals surface area contributed by atoms with Crippen molar-refractivity contribution in [1.29, 1.82) is 0 Å². The van der Waals surface area contributed by atoms with Gasteiger partial charge in [-0.3, -0.25) is 19.8 Å². The van der Waals surface area contributed by atoms with E-state index >= 15 is 0 Å². The molecule has 5 nitrogen and oxygen atoms in total. The second kappa shape index (κ2) is 5.41. The summed E-state index contributed by atoms with van der Waals surface area (Å²) < 4.78 is 0. The molecule has 2 amide bonds.